The lowest BCUT2D eigenvalue weighted by atomic mass is 10.1. The summed E-state index contributed by atoms with van der Waals surface area (Å²) < 4.78 is 2.53. The molecule has 5 nitrogen and oxygen atoms in total. The number of carboxylic acid groups (broad SMARTS) is 1. The number of amides is 1. The van der Waals surface area contributed by atoms with Crippen LogP contribution in [0.3, 0.4) is 0 Å². The van der Waals surface area contributed by atoms with E-state index in [0.717, 1.165) is 4.47 Å². The highest BCUT2D eigenvalue weighted by Crippen LogP contribution is 2.17. The molecule has 2 aromatic rings. The molecule has 0 unspecified atom stereocenters. The lowest BCUT2D eigenvalue weighted by molar-refractivity contribution is -0.139. The number of nitrogens with zero attached hydrogens (tertiary/aromatic N) is 1. The smallest absolute Gasteiger partial charge is 0.330 e. The molecule has 1 heterocycles. The molecule has 0 radical (unpaired) electrons. The van der Waals surface area contributed by atoms with Gasteiger partial charge in [0.25, 0.3) is 5.91 Å². The predicted octanol–water partition coefficient (Wildman–Crippen LogP) is 2.83. The molecule has 0 saturated heterocycles. The van der Waals surface area contributed by atoms with E-state index in [9.17, 15) is 14.7 Å². The van der Waals surface area contributed by atoms with Gasteiger partial charge in [-0.3, -0.25) is 4.79 Å². The normalized spacial score (nSPS) is 11.9. The summed E-state index contributed by atoms with van der Waals surface area (Å²) in [6, 6.07) is 9.22. The molecule has 1 aromatic carbocycles. The molecule has 21 heavy (non-hydrogen) atoms. The van der Waals surface area contributed by atoms with Gasteiger partial charge in [0.1, 0.15) is 5.69 Å². The Bertz CT molecular complexity index is 652. The minimum absolute atomic E-state index is 0.418. The first-order valence-electron chi connectivity index (χ1n) is 6.47. The van der Waals surface area contributed by atoms with Gasteiger partial charge in [-0.15, -0.1) is 0 Å². The van der Waals surface area contributed by atoms with Crippen LogP contribution < -0.4 is 5.32 Å². The van der Waals surface area contributed by atoms with Crippen molar-refractivity contribution in [1.29, 1.82) is 0 Å². The molecule has 2 rings (SSSR count). The number of hydrogen-bond acceptors (Lipinski definition) is 2. The van der Waals surface area contributed by atoms with Crippen LogP contribution >= 0.6 is 15.9 Å². The summed E-state index contributed by atoms with van der Waals surface area (Å²) in [7, 11) is 0. The molecular weight excluding hydrogens is 336 g/mol. The van der Waals surface area contributed by atoms with Crippen LogP contribution in [0, 0.1) is 0 Å². The SMILES string of the molecule is CCn1cc(Br)cc1C(=O)N[C@H](C(=O)O)c1ccccc1. The fourth-order valence-electron chi connectivity index (χ4n) is 2.06. The first-order valence-corrected chi connectivity index (χ1v) is 7.26. The Balaban J connectivity index is 2.25. The third-order valence-electron chi connectivity index (χ3n) is 3.09. The van der Waals surface area contributed by atoms with E-state index in [1.165, 1.54) is 0 Å². The van der Waals surface area contributed by atoms with Crippen molar-refractivity contribution in [2.75, 3.05) is 0 Å². The number of aliphatic carboxylic acids is 1. The average molecular weight is 351 g/mol. The third kappa shape index (κ3) is 3.52. The van der Waals surface area contributed by atoms with Gasteiger partial charge in [-0.05, 0) is 34.5 Å². The summed E-state index contributed by atoms with van der Waals surface area (Å²) in [5, 5.41) is 11.9. The minimum atomic E-state index is -1.09. The second-order valence-corrected chi connectivity index (χ2v) is 5.40. The molecule has 0 aliphatic carbocycles. The number of carbonyl (C=O) groups excluding carboxylic acids is 1. The second-order valence-electron chi connectivity index (χ2n) is 4.48. The molecular formula is C15H15BrN2O3. The van der Waals surface area contributed by atoms with Crippen LogP contribution in [0.2, 0.25) is 0 Å². The number of carboxylic acids is 1. The fraction of sp³-hybridized carbons (Fsp3) is 0.200. The van der Waals surface area contributed by atoms with Gasteiger partial charge in [-0.25, -0.2) is 4.79 Å². The number of aromatic nitrogens is 1. The third-order valence-corrected chi connectivity index (χ3v) is 3.53. The van der Waals surface area contributed by atoms with Crippen molar-refractivity contribution < 1.29 is 14.7 Å². The summed E-state index contributed by atoms with van der Waals surface area (Å²) >= 11 is 3.32. The van der Waals surface area contributed by atoms with Gasteiger partial charge >= 0.3 is 5.97 Å². The van der Waals surface area contributed by atoms with Crippen molar-refractivity contribution in [3.63, 3.8) is 0 Å². The second kappa shape index (κ2) is 6.58. The maximum Gasteiger partial charge on any atom is 0.330 e. The van der Waals surface area contributed by atoms with Gasteiger partial charge in [0.05, 0.1) is 0 Å². The fourth-order valence-corrected chi connectivity index (χ4v) is 2.53. The predicted molar refractivity (Wildman–Crippen MR) is 82.1 cm³/mol. The monoisotopic (exact) mass is 350 g/mol. The van der Waals surface area contributed by atoms with E-state index in [2.05, 4.69) is 21.2 Å². The Kier molecular flexibility index (Phi) is 4.80. The lowest BCUT2D eigenvalue weighted by Gasteiger charge is -2.15. The number of hydrogen-bond donors (Lipinski definition) is 2. The molecule has 0 spiro atoms. The van der Waals surface area contributed by atoms with E-state index in [4.69, 9.17) is 0 Å². The molecule has 1 amide bonds. The van der Waals surface area contributed by atoms with Gasteiger partial charge in [0.2, 0.25) is 0 Å². The van der Waals surface area contributed by atoms with Gasteiger partial charge in [-0.2, -0.15) is 0 Å². The highest BCUT2D eigenvalue weighted by molar-refractivity contribution is 9.10. The van der Waals surface area contributed by atoms with Crippen molar-refractivity contribution in [2.24, 2.45) is 0 Å². The first-order chi connectivity index (χ1) is 10.0. The topological polar surface area (TPSA) is 71.3 Å². The molecule has 0 aliphatic rings. The lowest BCUT2D eigenvalue weighted by Crippen LogP contribution is -2.34. The summed E-state index contributed by atoms with van der Waals surface area (Å²) in [6.45, 7) is 2.53. The van der Waals surface area contributed by atoms with Crippen molar-refractivity contribution in [2.45, 2.75) is 19.5 Å². The van der Waals surface area contributed by atoms with Crippen LogP contribution in [0.5, 0.6) is 0 Å². The van der Waals surface area contributed by atoms with Crippen LogP contribution in [0.4, 0.5) is 0 Å². The number of halogens is 1. The van der Waals surface area contributed by atoms with Crippen LogP contribution in [-0.4, -0.2) is 21.6 Å². The molecule has 0 fully saturated rings. The van der Waals surface area contributed by atoms with Gasteiger partial charge in [0, 0.05) is 17.2 Å². The van der Waals surface area contributed by atoms with Gasteiger partial charge < -0.3 is 15.0 Å². The van der Waals surface area contributed by atoms with E-state index in [0.29, 0.717) is 17.8 Å². The van der Waals surface area contributed by atoms with Crippen molar-refractivity contribution >= 4 is 27.8 Å². The summed E-state index contributed by atoms with van der Waals surface area (Å²) in [4.78, 5) is 23.7. The largest absolute Gasteiger partial charge is 0.479 e. The standard InChI is InChI=1S/C15H15BrN2O3/c1-2-18-9-11(16)8-12(18)14(19)17-13(15(20)21)10-6-4-3-5-7-10/h3-9,13H,2H2,1H3,(H,17,19)(H,20,21)/t13-/m0/s1. The number of benzene rings is 1. The first kappa shape index (κ1) is 15.3. The number of nitrogens with one attached hydrogen (secondary N) is 1. The minimum Gasteiger partial charge on any atom is -0.479 e. The molecule has 110 valence electrons. The average Bonchev–Trinajstić information content (AvgIpc) is 2.86. The van der Waals surface area contributed by atoms with Gasteiger partial charge in [0.15, 0.2) is 6.04 Å². The van der Waals surface area contributed by atoms with Gasteiger partial charge in [-0.1, -0.05) is 30.3 Å². The van der Waals surface area contributed by atoms with E-state index in [-0.39, 0.29) is 0 Å². The Morgan fingerprint density at radius 1 is 1.33 bits per heavy atom. The molecule has 0 aliphatic heterocycles. The maximum absolute atomic E-state index is 12.3. The number of carbonyl (C=O) groups is 2. The molecule has 0 bridgehead atoms. The highest BCUT2D eigenvalue weighted by atomic mass is 79.9. The molecule has 0 saturated carbocycles. The Hall–Kier alpha value is -2.08. The van der Waals surface area contributed by atoms with E-state index in [1.54, 1.807) is 47.2 Å². The zero-order chi connectivity index (χ0) is 15.4. The number of aryl methyl sites for hydroxylation is 1. The Morgan fingerprint density at radius 3 is 2.57 bits per heavy atom. The summed E-state index contributed by atoms with van der Waals surface area (Å²) in [6.07, 6.45) is 1.78. The molecule has 1 atom stereocenters. The van der Waals surface area contributed by atoms with Crippen LogP contribution in [0.25, 0.3) is 0 Å². The highest BCUT2D eigenvalue weighted by Gasteiger charge is 2.23. The van der Waals surface area contributed by atoms with Crippen molar-refractivity contribution in [3.05, 3.63) is 58.3 Å². The van der Waals surface area contributed by atoms with E-state index in [1.807, 2.05) is 6.92 Å². The zero-order valence-corrected chi connectivity index (χ0v) is 13.0. The number of rotatable bonds is 5. The molecule has 6 heteroatoms. The van der Waals surface area contributed by atoms with Crippen molar-refractivity contribution in [1.82, 2.24) is 9.88 Å². The van der Waals surface area contributed by atoms with Crippen molar-refractivity contribution in [3.8, 4) is 0 Å². The van der Waals surface area contributed by atoms with E-state index < -0.39 is 17.9 Å². The van der Waals surface area contributed by atoms with Crippen LogP contribution in [0.1, 0.15) is 29.0 Å². The zero-order valence-electron chi connectivity index (χ0n) is 11.4. The molecule has 2 N–H and O–H groups in total. The van der Waals surface area contributed by atoms with Crippen LogP contribution in [0.15, 0.2) is 47.1 Å². The van der Waals surface area contributed by atoms with E-state index >= 15 is 0 Å². The Morgan fingerprint density at radius 2 is 2.00 bits per heavy atom. The maximum atomic E-state index is 12.3. The molecule has 1 aromatic heterocycles. The summed E-state index contributed by atoms with van der Waals surface area (Å²) in [5.74, 6) is -1.51. The quantitative estimate of drug-likeness (QED) is 0.870. The Labute approximate surface area is 130 Å². The van der Waals surface area contributed by atoms with Crippen LogP contribution in [-0.2, 0) is 11.3 Å². The summed E-state index contributed by atoms with van der Waals surface area (Å²) in [5.41, 5.74) is 0.957.